The molecule has 31 heavy (non-hydrogen) atoms. The molecule has 4 rings (SSSR count). The van der Waals surface area contributed by atoms with E-state index in [0.29, 0.717) is 0 Å². The van der Waals surface area contributed by atoms with Crippen molar-refractivity contribution in [3.8, 4) is 22.5 Å². The Balaban J connectivity index is 1.39. The molecule has 1 fully saturated rings. The minimum absolute atomic E-state index is 0.728. The Morgan fingerprint density at radius 3 is 1.97 bits per heavy atom. The maximum Gasteiger partial charge on any atom is 0.159 e. The van der Waals surface area contributed by atoms with E-state index in [-0.39, 0.29) is 0 Å². The number of nitrogens with zero attached hydrogens (tertiary/aromatic N) is 2. The van der Waals surface area contributed by atoms with E-state index in [0.717, 1.165) is 35.2 Å². The Kier molecular flexibility index (Phi) is 7.51. The second-order valence-electron chi connectivity index (χ2n) is 9.22. The second-order valence-corrected chi connectivity index (χ2v) is 9.22. The monoisotopic (exact) mass is 412 g/mol. The van der Waals surface area contributed by atoms with Crippen LogP contribution in [-0.4, -0.2) is 9.97 Å². The van der Waals surface area contributed by atoms with Crippen molar-refractivity contribution < 1.29 is 0 Å². The van der Waals surface area contributed by atoms with Gasteiger partial charge in [0.05, 0.1) is 0 Å². The van der Waals surface area contributed by atoms with Crippen molar-refractivity contribution in [2.45, 2.75) is 77.6 Å². The smallest absolute Gasteiger partial charge is 0.159 e. The van der Waals surface area contributed by atoms with E-state index in [4.69, 9.17) is 0 Å². The Labute approximate surface area is 188 Å². The molecule has 0 saturated heterocycles. The largest absolute Gasteiger partial charge is 0.236 e. The van der Waals surface area contributed by atoms with Gasteiger partial charge in [0.1, 0.15) is 0 Å². The lowest BCUT2D eigenvalue weighted by Crippen LogP contribution is -2.13. The zero-order valence-corrected chi connectivity index (χ0v) is 19.2. The van der Waals surface area contributed by atoms with Crippen molar-refractivity contribution >= 4 is 0 Å². The molecule has 0 spiro atoms. The lowest BCUT2D eigenvalue weighted by molar-refractivity contribution is 0.308. The van der Waals surface area contributed by atoms with Gasteiger partial charge in [-0.2, -0.15) is 0 Å². The van der Waals surface area contributed by atoms with Crippen molar-refractivity contribution in [3.63, 3.8) is 0 Å². The predicted octanol–water partition coefficient (Wildman–Crippen LogP) is 8.23. The fraction of sp³-hybridized carbons (Fsp3) is 0.448. The van der Waals surface area contributed by atoms with Crippen molar-refractivity contribution in [1.29, 1.82) is 0 Å². The third-order valence-corrected chi connectivity index (χ3v) is 6.94. The van der Waals surface area contributed by atoms with Crippen LogP contribution in [0.5, 0.6) is 0 Å². The summed E-state index contributed by atoms with van der Waals surface area (Å²) in [5.41, 5.74) is 6.25. The first-order chi connectivity index (χ1) is 15.3. The average Bonchev–Trinajstić information content (AvgIpc) is 2.84. The summed E-state index contributed by atoms with van der Waals surface area (Å²) in [4.78, 5) is 9.32. The van der Waals surface area contributed by atoms with E-state index in [1.54, 1.807) is 0 Å². The molecule has 162 valence electrons. The third-order valence-electron chi connectivity index (χ3n) is 6.94. The van der Waals surface area contributed by atoms with E-state index in [1.165, 1.54) is 68.1 Å². The summed E-state index contributed by atoms with van der Waals surface area (Å²) in [5.74, 6) is 2.49. The highest BCUT2D eigenvalue weighted by Crippen LogP contribution is 2.37. The molecule has 1 heterocycles. The zero-order valence-electron chi connectivity index (χ0n) is 19.2. The highest BCUT2D eigenvalue weighted by Gasteiger charge is 2.21. The molecular weight excluding hydrogens is 376 g/mol. The van der Waals surface area contributed by atoms with E-state index >= 15 is 0 Å². The zero-order chi connectivity index (χ0) is 21.5. The summed E-state index contributed by atoms with van der Waals surface area (Å²) in [6.07, 6.45) is 15.7. The number of hydrogen-bond acceptors (Lipinski definition) is 2. The number of aromatic nitrogens is 2. The molecule has 2 aromatic carbocycles. The van der Waals surface area contributed by atoms with Gasteiger partial charge >= 0.3 is 0 Å². The maximum atomic E-state index is 4.66. The Bertz CT molecular complexity index is 918. The van der Waals surface area contributed by atoms with Gasteiger partial charge in [0.15, 0.2) is 5.82 Å². The number of hydrogen-bond donors (Lipinski definition) is 0. The van der Waals surface area contributed by atoms with Crippen LogP contribution >= 0.6 is 0 Å². The second kappa shape index (κ2) is 10.7. The summed E-state index contributed by atoms with van der Waals surface area (Å²) in [6, 6.07) is 17.8. The summed E-state index contributed by atoms with van der Waals surface area (Å²) < 4.78 is 0. The summed E-state index contributed by atoms with van der Waals surface area (Å²) in [6.45, 7) is 4.54. The van der Waals surface area contributed by atoms with Crippen LogP contribution in [0.2, 0.25) is 0 Å². The van der Waals surface area contributed by atoms with Gasteiger partial charge in [-0.1, -0.05) is 81.6 Å². The standard InChI is InChI=1S/C29H36N2/c1-3-5-7-23-10-14-26(15-11-23)28-20-30-29(31-21-28)27-18-16-25(17-19-27)24-12-8-22(6-4-2)9-13-24/h10-11,14-22,24H,3-9,12-13H2,1-2H3. The minimum atomic E-state index is 0.728. The molecule has 0 aliphatic heterocycles. The molecule has 0 radical (unpaired) electrons. The van der Waals surface area contributed by atoms with Crippen molar-refractivity contribution in [2.24, 2.45) is 5.92 Å². The Morgan fingerprint density at radius 1 is 0.710 bits per heavy atom. The quantitative estimate of drug-likeness (QED) is 0.372. The molecular formula is C29H36N2. The first kappa shape index (κ1) is 21.7. The molecule has 1 aliphatic rings. The van der Waals surface area contributed by atoms with Crippen LogP contribution in [0.1, 0.15) is 82.3 Å². The average molecular weight is 413 g/mol. The molecule has 0 atom stereocenters. The maximum absolute atomic E-state index is 4.66. The lowest BCUT2D eigenvalue weighted by Gasteiger charge is -2.28. The molecule has 3 aromatic rings. The van der Waals surface area contributed by atoms with E-state index < -0.39 is 0 Å². The number of unbranched alkanes of at least 4 members (excludes halogenated alkanes) is 1. The number of rotatable bonds is 8. The number of benzene rings is 2. The van der Waals surface area contributed by atoms with Crippen LogP contribution in [0.15, 0.2) is 60.9 Å². The van der Waals surface area contributed by atoms with Crippen LogP contribution in [0.4, 0.5) is 0 Å². The van der Waals surface area contributed by atoms with E-state index in [1.807, 2.05) is 12.4 Å². The van der Waals surface area contributed by atoms with Gasteiger partial charge in [0.25, 0.3) is 0 Å². The predicted molar refractivity (Wildman–Crippen MR) is 131 cm³/mol. The van der Waals surface area contributed by atoms with Gasteiger partial charge in [0, 0.05) is 23.5 Å². The van der Waals surface area contributed by atoms with Gasteiger partial charge in [-0.15, -0.1) is 0 Å². The van der Waals surface area contributed by atoms with Crippen LogP contribution in [-0.2, 0) is 6.42 Å². The highest BCUT2D eigenvalue weighted by molar-refractivity contribution is 5.64. The molecule has 0 unspecified atom stereocenters. The SMILES string of the molecule is CCCCc1ccc(-c2cnc(-c3ccc(C4CCC(CCC)CC4)cc3)nc2)cc1. The third kappa shape index (κ3) is 5.61. The minimum Gasteiger partial charge on any atom is -0.236 e. The van der Waals surface area contributed by atoms with Crippen LogP contribution in [0, 0.1) is 5.92 Å². The van der Waals surface area contributed by atoms with Crippen LogP contribution in [0.3, 0.4) is 0 Å². The first-order valence-electron chi connectivity index (χ1n) is 12.3. The summed E-state index contributed by atoms with van der Waals surface area (Å²) in [5, 5.41) is 0. The van der Waals surface area contributed by atoms with Gasteiger partial charge < -0.3 is 0 Å². The molecule has 1 aliphatic carbocycles. The molecule has 1 saturated carbocycles. The Morgan fingerprint density at radius 2 is 1.35 bits per heavy atom. The van der Waals surface area contributed by atoms with Gasteiger partial charge in [0.2, 0.25) is 0 Å². The van der Waals surface area contributed by atoms with Gasteiger partial charge in [-0.05, 0) is 67.1 Å². The van der Waals surface area contributed by atoms with Crippen molar-refractivity contribution in [1.82, 2.24) is 9.97 Å². The molecule has 2 heteroatoms. The van der Waals surface area contributed by atoms with Crippen LogP contribution < -0.4 is 0 Å². The molecule has 0 amide bonds. The highest BCUT2D eigenvalue weighted by atomic mass is 14.9. The topological polar surface area (TPSA) is 25.8 Å². The lowest BCUT2D eigenvalue weighted by atomic mass is 9.77. The molecule has 1 aromatic heterocycles. The first-order valence-corrected chi connectivity index (χ1v) is 12.3. The van der Waals surface area contributed by atoms with Crippen LogP contribution in [0.25, 0.3) is 22.5 Å². The molecule has 2 nitrogen and oxygen atoms in total. The van der Waals surface area contributed by atoms with E-state index in [9.17, 15) is 0 Å². The Hall–Kier alpha value is -2.48. The molecule has 0 bridgehead atoms. The van der Waals surface area contributed by atoms with Crippen molar-refractivity contribution in [3.05, 3.63) is 72.1 Å². The van der Waals surface area contributed by atoms with Gasteiger partial charge in [-0.3, -0.25) is 0 Å². The van der Waals surface area contributed by atoms with Gasteiger partial charge in [-0.25, -0.2) is 9.97 Å². The normalized spacial score (nSPS) is 18.8. The fourth-order valence-electron chi connectivity index (χ4n) is 4.97. The number of aryl methyl sites for hydroxylation is 1. The molecule has 0 N–H and O–H groups in total. The fourth-order valence-corrected chi connectivity index (χ4v) is 4.97. The van der Waals surface area contributed by atoms with E-state index in [2.05, 4.69) is 72.3 Å². The summed E-state index contributed by atoms with van der Waals surface area (Å²) in [7, 11) is 0. The van der Waals surface area contributed by atoms with Crippen molar-refractivity contribution in [2.75, 3.05) is 0 Å². The summed E-state index contributed by atoms with van der Waals surface area (Å²) >= 11 is 0.